The van der Waals surface area contributed by atoms with Gasteiger partial charge < -0.3 is 10.1 Å². The van der Waals surface area contributed by atoms with Crippen LogP contribution in [0.1, 0.15) is 12.5 Å². The minimum atomic E-state index is -4.47. The Hall–Kier alpha value is -2.99. The fraction of sp³-hybridized carbons (Fsp3) is 0.381. The monoisotopic (exact) mass is 486 g/mol. The molecule has 1 aromatic heterocycles. The second kappa shape index (κ2) is 11.2. The van der Waals surface area contributed by atoms with Crippen LogP contribution in [0.25, 0.3) is 0 Å². The third kappa shape index (κ3) is 8.81. The van der Waals surface area contributed by atoms with Crippen molar-refractivity contribution in [2.24, 2.45) is 4.99 Å². The van der Waals surface area contributed by atoms with Crippen LogP contribution in [-0.2, 0) is 14.6 Å². The van der Waals surface area contributed by atoms with E-state index in [1.807, 2.05) is 0 Å². The van der Waals surface area contributed by atoms with Gasteiger partial charge in [-0.25, -0.2) is 18.4 Å². The van der Waals surface area contributed by atoms with Crippen molar-refractivity contribution in [2.75, 3.05) is 30.1 Å². The van der Waals surface area contributed by atoms with Gasteiger partial charge in [0, 0.05) is 19.0 Å². The topological polar surface area (TPSA) is 101 Å². The summed E-state index contributed by atoms with van der Waals surface area (Å²) < 4.78 is 64.7. The van der Waals surface area contributed by atoms with Crippen molar-refractivity contribution in [1.82, 2.24) is 10.3 Å². The second-order valence-corrected chi connectivity index (χ2v) is 9.55. The molecule has 0 aliphatic heterocycles. The first-order valence-corrected chi connectivity index (χ1v) is 11.9. The smallest absolute Gasteiger partial charge is 0.422 e. The first-order valence-electron chi connectivity index (χ1n) is 9.85. The van der Waals surface area contributed by atoms with E-state index >= 15 is 0 Å². The van der Waals surface area contributed by atoms with E-state index in [2.05, 4.69) is 15.3 Å². The van der Waals surface area contributed by atoms with Crippen molar-refractivity contribution in [1.29, 1.82) is 0 Å². The molecule has 1 N–H and O–H groups in total. The van der Waals surface area contributed by atoms with Crippen molar-refractivity contribution in [2.45, 2.75) is 26.1 Å². The van der Waals surface area contributed by atoms with Crippen LogP contribution in [0.15, 0.2) is 47.6 Å². The van der Waals surface area contributed by atoms with Crippen LogP contribution >= 0.6 is 0 Å². The molecular formula is C21H25F3N4O4S. The Morgan fingerprint density at radius 1 is 1.27 bits per heavy atom. The molecule has 1 aromatic carbocycles. The fourth-order valence-electron chi connectivity index (χ4n) is 2.73. The number of carbonyl (C=O) groups excluding carboxylic acids is 1. The summed E-state index contributed by atoms with van der Waals surface area (Å²) in [7, 11) is -3.20. The molecule has 1 unspecified atom stereocenters. The third-order valence-corrected chi connectivity index (χ3v) is 5.33. The zero-order valence-electron chi connectivity index (χ0n) is 18.3. The number of halogens is 3. The number of rotatable bonds is 10. The lowest BCUT2D eigenvalue weighted by molar-refractivity contribution is -0.153. The summed E-state index contributed by atoms with van der Waals surface area (Å²) in [6.07, 6.45) is -1.30. The maximum atomic E-state index is 12.4. The number of aromatic nitrogens is 1. The van der Waals surface area contributed by atoms with E-state index in [1.165, 1.54) is 29.2 Å². The Morgan fingerprint density at radius 2 is 1.94 bits per heavy atom. The van der Waals surface area contributed by atoms with Gasteiger partial charge >= 0.3 is 6.18 Å². The van der Waals surface area contributed by atoms with E-state index in [0.29, 0.717) is 17.9 Å². The number of anilines is 1. The molecule has 0 aliphatic carbocycles. The van der Waals surface area contributed by atoms with Gasteiger partial charge in [0.15, 0.2) is 12.4 Å². The van der Waals surface area contributed by atoms with Crippen molar-refractivity contribution >= 4 is 33.6 Å². The molecule has 8 nitrogen and oxygen atoms in total. The Kier molecular flexibility index (Phi) is 8.94. The summed E-state index contributed by atoms with van der Waals surface area (Å²) in [5.74, 6) is 0.463. The van der Waals surface area contributed by atoms with E-state index in [1.54, 1.807) is 32.2 Å². The molecule has 0 saturated carbocycles. The van der Waals surface area contributed by atoms with Gasteiger partial charge in [-0.1, -0.05) is 6.07 Å². The highest BCUT2D eigenvalue weighted by atomic mass is 32.2. The molecule has 0 bridgehead atoms. The molecule has 12 heteroatoms. The van der Waals surface area contributed by atoms with Gasteiger partial charge in [-0.3, -0.25) is 9.69 Å². The number of sulfone groups is 1. The molecule has 0 saturated heterocycles. The lowest BCUT2D eigenvalue weighted by atomic mass is 10.2. The number of ether oxygens (including phenoxy) is 1. The number of amides is 1. The highest BCUT2D eigenvalue weighted by molar-refractivity contribution is 7.90. The average Bonchev–Trinajstić information content (AvgIpc) is 2.72. The highest BCUT2D eigenvalue weighted by Gasteiger charge is 2.28. The number of aryl methyl sites for hydroxylation is 1. The number of alkyl halides is 3. The standard InChI is InChI=1S/C21H25F3N4O4S/c1-15-5-4-10-26-19(15)27-20(16(2)25-11-12-33(3,30)31)28(14-29)17-6-8-18(9-7-17)32-13-21(22,23)24/h4-10,14,16,25H,11-13H2,1-3H3/b27-20-. The predicted molar refractivity (Wildman–Crippen MR) is 120 cm³/mol. The van der Waals surface area contributed by atoms with Gasteiger partial charge in [-0.15, -0.1) is 0 Å². The number of pyridine rings is 1. The summed E-state index contributed by atoms with van der Waals surface area (Å²) in [6.45, 7) is 2.19. The second-order valence-electron chi connectivity index (χ2n) is 7.29. The predicted octanol–water partition coefficient (Wildman–Crippen LogP) is 3.05. The average molecular weight is 487 g/mol. The number of benzene rings is 1. The largest absolute Gasteiger partial charge is 0.484 e. The fourth-order valence-corrected chi connectivity index (χ4v) is 3.22. The van der Waals surface area contributed by atoms with Gasteiger partial charge in [0.1, 0.15) is 21.4 Å². The number of nitrogens with one attached hydrogen (secondary N) is 1. The first-order chi connectivity index (χ1) is 15.4. The van der Waals surface area contributed by atoms with E-state index in [-0.39, 0.29) is 23.9 Å². The molecule has 1 heterocycles. The van der Waals surface area contributed by atoms with Gasteiger partial charge in [0.05, 0.1) is 17.5 Å². The number of hydrogen-bond donors (Lipinski definition) is 1. The van der Waals surface area contributed by atoms with E-state index in [9.17, 15) is 26.4 Å². The highest BCUT2D eigenvalue weighted by Crippen LogP contribution is 2.24. The summed E-state index contributed by atoms with van der Waals surface area (Å²) in [4.78, 5) is 22.0. The Balaban J connectivity index is 2.35. The Bertz CT molecular complexity index is 1070. The summed E-state index contributed by atoms with van der Waals surface area (Å²) in [5.41, 5.74) is 1.08. The van der Waals surface area contributed by atoms with Crippen LogP contribution in [0.4, 0.5) is 24.7 Å². The molecule has 33 heavy (non-hydrogen) atoms. The van der Waals surface area contributed by atoms with Gasteiger partial charge in [-0.2, -0.15) is 13.2 Å². The Labute approximate surface area is 190 Å². The summed E-state index contributed by atoms with van der Waals surface area (Å²) in [5, 5.41) is 3.02. The third-order valence-electron chi connectivity index (χ3n) is 4.38. The van der Waals surface area contributed by atoms with Crippen molar-refractivity contribution in [3.63, 3.8) is 0 Å². The normalized spacial score (nSPS) is 13.5. The summed E-state index contributed by atoms with van der Waals surface area (Å²) >= 11 is 0. The number of amidine groups is 1. The van der Waals surface area contributed by atoms with Gasteiger partial charge in [0.25, 0.3) is 0 Å². The van der Waals surface area contributed by atoms with Crippen LogP contribution in [0, 0.1) is 6.92 Å². The Morgan fingerprint density at radius 3 is 2.48 bits per heavy atom. The molecule has 1 atom stereocenters. The van der Waals surface area contributed by atoms with Crippen molar-refractivity contribution < 1.29 is 31.1 Å². The molecule has 0 aliphatic rings. The molecule has 1 amide bonds. The van der Waals surface area contributed by atoms with Crippen LogP contribution < -0.4 is 15.0 Å². The van der Waals surface area contributed by atoms with Crippen LogP contribution in [0.5, 0.6) is 5.75 Å². The lowest BCUT2D eigenvalue weighted by Gasteiger charge is -2.25. The maximum absolute atomic E-state index is 12.4. The molecule has 180 valence electrons. The van der Waals surface area contributed by atoms with Gasteiger partial charge in [0.2, 0.25) is 6.41 Å². The number of aliphatic imine (C=N–C) groups is 1. The molecular weight excluding hydrogens is 461 g/mol. The van der Waals surface area contributed by atoms with E-state index < -0.39 is 28.7 Å². The number of hydrogen-bond acceptors (Lipinski definition) is 7. The van der Waals surface area contributed by atoms with Crippen molar-refractivity contribution in [3.05, 3.63) is 48.2 Å². The van der Waals surface area contributed by atoms with Crippen molar-refractivity contribution in [3.8, 4) is 5.75 Å². The van der Waals surface area contributed by atoms with E-state index in [0.717, 1.165) is 11.8 Å². The minimum Gasteiger partial charge on any atom is -0.484 e. The van der Waals surface area contributed by atoms with Crippen LogP contribution in [-0.4, -0.2) is 63.0 Å². The molecule has 2 rings (SSSR count). The molecule has 0 radical (unpaired) electrons. The molecule has 2 aromatic rings. The minimum absolute atomic E-state index is 0.0136. The SMILES string of the molecule is Cc1cccnc1/N=C(/C(C)NCCS(C)(=O)=O)N(C=O)c1ccc(OCC(F)(F)F)cc1. The molecule has 0 fully saturated rings. The number of carbonyl (C=O) groups is 1. The van der Waals surface area contributed by atoms with Gasteiger partial charge in [-0.05, 0) is 49.7 Å². The number of nitrogens with zero attached hydrogens (tertiary/aromatic N) is 3. The van der Waals surface area contributed by atoms with Crippen LogP contribution in [0.3, 0.4) is 0 Å². The summed E-state index contributed by atoms with van der Waals surface area (Å²) in [6, 6.07) is 8.42. The first kappa shape index (κ1) is 26.3. The zero-order valence-corrected chi connectivity index (χ0v) is 19.2. The zero-order chi connectivity index (χ0) is 24.6. The maximum Gasteiger partial charge on any atom is 0.422 e. The molecule has 0 spiro atoms. The van der Waals surface area contributed by atoms with E-state index in [4.69, 9.17) is 4.74 Å². The quantitative estimate of drug-likeness (QED) is 0.315. The lowest BCUT2D eigenvalue weighted by Crippen LogP contribution is -2.46. The van der Waals surface area contributed by atoms with Crippen LogP contribution in [0.2, 0.25) is 0 Å².